The van der Waals surface area contributed by atoms with Gasteiger partial charge >= 0.3 is 5.97 Å². The lowest BCUT2D eigenvalue weighted by atomic mass is 10.3. The fraction of sp³-hybridized carbons (Fsp3) is 0.167. The molecule has 0 bridgehead atoms. The van der Waals surface area contributed by atoms with Gasteiger partial charge in [0.1, 0.15) is 5.75 Å². The summed E-state index contributed by atoms with van der Waals surface area (Å²) >= 11 is 1.54. The van der Waals surface area contributed by atoms with Crippen molar-refractivity contribution in [3.05, 3.63) is 66.0 Å². The molecule has 7 heteroatoms. The second kappa shape index (κ2) is 7.85. The van der Waals surface area contributed by atoms with Gasteiger partial charge in [-0.2, -0.15) is 0 Å². The van der Waals surface area contributed by atoms with Crippen molar-refractivity contribution in [2.75, 3.05) is 6.61 Å². The number of aromatic carboxylic acids is 1. The average molecular weight is 355 g/mol. The molecule has 0 aliphatic heterocycles. The molecule has 0 saturated heterocycles. The molecule has 0 aliphatic rings. The molecule has 0 atom stereocenters. The molecule has 3 rings (SSSR count). The van der Waals surface area contributed by atoms with E-state index in [1.165, 1.54) is 0 Å². The van der Waals surface area contributed by atoms with Crippen LogP contribution < -0.4 is 4.74 Å². The molecule has 0 spiro atoms. The van der Waals surface area contributed by atoms with E-state index in [-0.39, 0.29) is 5.69 Å². The average Bonchev–Trinajstić information content (AvgIpc) is 3.06. The van der Waals surface area contributed by atoms with E-state index < -0.39 is 5.97 Å². The standard InChI is InChI=1S/C18H17N3O3S/c1-2-24-14-10-8-13(9-11-14)21-16(17(18(22)23)19-20-21)12-25-15-6-4-3-5-7-15/h3-11H,2,12H2,1H3,(H,22,23). The Morgan fingerprint density at radius 1 is 1.16 bits per heavy atom. The summed E-state index contributed by atoms with van der Waals surface area (Å²) in [6, 6.07) is 17.1. The Balaban J connectivity index is 1.89. The summed E-state index contributed by atoms with van der Waals surface area (Å²) in [7, 11) is 0. The van der Waals surface area contributed by atoms with Gasteiger partial charge in [-0.1, -0.05) is 23.4 Å². The number of benzene rings is 2. The molecule has 0 saturated carbocycles. The van der Waals surface area contributed by atoms with Crippen molar-refractivity contribution in [3.8, 4) is 11.4 Å². The van der Waals surface area contributed by atoms with Gasteiger partial charge in [-0.05, 0) is 43.3 Å². The zero-order valence-corrected chi connectivity index (χ0v) is 14.4. The predicted octanol–water partition coefficient (Wildman–Crippen LogP) is 3.66. The number of carboxylic acid groups (broad SMARTS) is 1. The summed E-state index contributed by atoms with van der Waals surface area (Å²) in [6.07, 6.45) is 0. The molecular weight excluding hydrogens is 338 g/mol. The smallest absolute Gasteiger partial charge is 0.358 e. The molecule has 3 aromatic rings. The molecule has 6 nitrogen and oxygen atoms in total. The van der Waals surface area contributed by atoms with Crippen LogP contribution in [0.3, 0.4) is 0 Å². The van der Waals surface area contributed by atoms with E-state index in [4.69, 9.17) is 4.74 Å². The molecule has 2 aromatic carbocycles. The summed E-state index contributed by atoms with van der Waals surface area (Å²) in [4.78, 5) is 12.5. The monoisotopic (exact) mass is 355 g/mol. The van der Waals surface area contributed by atoms with Crippen molar-refractivity contribution < 1.29 is 14.6 Å². The Labute approximate surface area is 149 Å². The molecule has 0 unspecified atom stereocenters. The van der Waals surface area contributed by atoms with Crippen molar-refractivity contribution in [1.82, 2.24) is 15.0 Å². The lowest BCUT2D eigenvalue weighted by molar-refractivity contribution is 0.0689. The van der Waals surface area contributed by atoms with Gasteiger partial charge in [-0.3, -0.25) is 0 Å². The molecule has 0 aliphatic carbocycles. The fourth-order valence-electron chi connectivity index (χ4n) is 2.32. The van der Waals surface area contributed by atoms with E-state index in [0.717, 1.165) is 16.3 Å². The van der Waals surface area contributed by atoms with Gasteiger partial charge < -0.3 is 9.84 Å². The van der Waals surface area contributed by atoms with Crippen molar-refractivity contribution >= 4 is 17.7 Å². The Morgan fingerprint density at radius 3 is 2.52 bits per heavy atom. The maximum Gasteiger partial charge on any atom is 0.358 e. The number of rotatable bonds is 7. The first-order valence-electron chi connectivity index (χ1n) is 7.78. The molecule has 1 heterocycles. The van der Waals surface area contributed by atoms with Gasteiger partial charge in [-0.25, -0.2) is 9.48 Å². The highest BCUT2D eigenvalue weighted by molar-refractivity contribution is 7.98. The Bertz CT molecular complexity index is 848. The van der Waals surface area contributed by atoms with E-state index in [2.05, 4.69) is 10.3 Å². The number of nitrogens with zero attached hydrogens (tertiary/aromatic N) is 3. The Morgan fingerprint density at radius 2 is 1.88 bits per heavy atom. The SMILES string of the molecule is CCOc1ccc(-n2nnc(C(=O)O)c2CSc2ccccc2)cc1. The zero-order valence-electron chi connectivity index (χ0n) is 13.6. The highest BCUT2D eigenvalue weighted by Crippen LogP contribution is 2.25. The van der Waals surface area contributed by atoms with Crippen molar-refractivity contribution in [2.24, 2.45) is 0 Å². The van der Waals surface area contributed by atoms with Crippen LogP contribution in [0.5, 0.6) is 5.75 Å². The van der Waals surface area contributed by atoms with E-state index in [0.29, 0.717) is 18.1 Å². The molecule has 128 valence electrons. The maximum atomic E-state index is 11.5. The molecular formula is C18H17N3O3S. The Kier molecular flexibility index (Phi) is 5.35. The highest BCUT2D eigenvalue weighted by Gasteiger charge is 2.20. The second-order valence-electron chi connectivity index (χ2n) is 5.13. The zero-order chi connectivity index (χ0) is 17.6. The summed E-state index contributed by atoms with van der Waals surface area (Å²) in [5.74, 6) is 0.122. The third kappa shape index (κ3) is 4.00. The van der Waals surface area contributed by atoms with Crippen LogP contribution in [0.25, 0.3) is 5.69 Å². The molecule has 0 fully saturated rings. The minimum Gasteiger partial charge on any atom is -0.494 e. The number of thioether (sulfide) groups is 1. The maximum absolute atomic E-state index is 11.5. The highest BCUT2D eigenvalue weighted by atomic mass is 32.2. The van der Waals surface area contributed by atoms with Gasteiger partial charge in [-0.15, -0.1) is 16.9 Å². The first-order chi connectivity index (χ1) is 12.2. The number of ether oxygens (including phenoxy) is 1. The van der Waals surface area contributed by atoms with Crippen LogP contribution in [0.4, 0.5) is 0 Å². The molecule has 1 aromatic heterocycles. The number of hydrogen-bond donors (Lipinski definition) is 1. The largest absolute Gasteiger partial charge is 0.494 e. The minimum atomic E-state index is -1.08. The van der Waals surface area contributed by atoms with Crippen molar-refractivity contribution in [2.45, 2.75) is 17.6 Å². The normalized spacial score (nSPS) is 10.6. The van der Waals surface area contributed by atoms with Gasteiger partial charge in [0.05, 0.1) is 18.0 Å². The van der Waals surface area contributed by atoms with Gasteiger partial charge in [0.15, 0.2) is 5.69 Å². The van der Waals surface area contributed by atoms with Gasteiger partial charge in [0, 0.05) is 10.6 Å². The van der Waals surface area contributed by atoms with Crippen molar-refractivity contribution in [1.29, 1.82) is 0 Å². The van der Waals surface area contributed by atoms with E-state index in [1.807, 2.05) is 61.5 Å². The lowest BCUT2D eigenvalue weighted by Gasteiger charge is -2.08. The van der Waals surface area contributed by atoms with Crippen LogP contribution in [0.2, 0.25) is 0 Å². The molecule has 0 amide bonds. The molecule has 25 heavy (non-hydrogen) atoms. The number of aromatic nitrogens is 3. The fourth-order valence-corrected chi connectivity index (χ4v) is 3.24. The third-order valence-corrected chi connectivity index (χ3v) is 4.50. The van der Waals surface area contributed by atoms with E-state index in [1.54, 1.807) is 16.4 Å². The van der Waals surface area contributed by atoms with Gasteiger partial charge in [0.2, 0.25) is 0 Å². The Hall–Kier alpha value is -2.80. The predicted molar refractivity (Wildman–Crippen MR) is 95.5 cm³/mol. The third-order valence-electron chi connectivity index (χ3n) is 3.48. The number of hydrogen-bond acceptors (Lipinski definition) is 5. The quantitative estimate of drug-likeness (QED) is 0.652. The van der Waals surface area contributed by atoms with Crippen molar-refractivity contribution in [3.63, 3.8) is 0 Å². The summed E-state index contributed by atoms with van der Waals surface area (Å²) in [6.45, 7) is 2.51. The van der Waals surface area contributed by atoms with Crippen LogP contribution in [-0.2, 0) is 5.75 Å². The molecule has 1 N–H and O–H groups in total. The van der Waals surface area contributed by atoms with Crippen LogP contribution in [-0.4, -0.2) is 32.7 Å². The summed E-state index contributed by atoms with van der Waals surface area (Å²) in [5.41, 5.74) is 1.26. The van der Waals surface area contributed by atoms with Crippen LogP contribution >= 0.6 is 11.8 Å². The second-order valence-corrected chi connectivity index (χ2v) is 6.18. The van der Waals surface area contributed by atoms with Crippen LogP contribution in [0.1, 0.15) is 23.1 Å². The topological polar surface area (TPSA) is 77.2 Å². The number of carboxylic acids is 1. The lowest BCUT2D eigenvalue weighted by Crippen LogP contribution is -2.06. The van der Waals surface area contributed by atoms with Crippen LogP contribution in [0.15, 0.2) is 59.5 Å². The van der Waals surface area contributed by atoms with E-state index >= 15 is 0 Å². The summed E-state index contributed by atoms with van der Waals surface area (Å²) in [5, 5.41) is 17.3. The van der Waals surface area contributed by atoms with E-state index in [9.17, 15) is 9.90 Å². The minimum absolute atomic E-state index is 0.0303. The van der Waals surface area contributed by atoms with Crippen LogP contribution in [0, 0.1) is 0 Å². The summed E-state index contributed by atoms with van der Waals surface area (Å²) < 4.78 is 7.00. The molecule has 0 radical (unpaired) electrons. The number of carbonyl (C=O) groups is 1. The first kappa shape index (κ1) is 17.0. The van der Waals surface area contributed by atoms with Gasteiger partial charge in [0.25, 0.3) is 0 Å². The first-order valence-corrected chi connectivity index (χ1v) is 8.76.